The van der Waals surface area contributed by atoms with Gasteiger partial charge in [0.25, 0.3) is 0 Å². The predicted octanol–water partition coefficient (Wildman–Crippen LogP) is 0.445. The van der Waals surface area contributed by atoms with Crippen LogP contribution in [-0.2, 0) is 0 Å². The maximum atomic E-state index is 5.70. The number of nitrogens with one attached hydrogen (secondary N) is 1. The summed E-state index contributed by atoms with van der Waals surface area (Å²) in [6, 6.07) is 7.53. The monoisotopic (exact) mass is 151 g/mol. The van der Waals surface area contributed by atoms with Gasteiger partial charge in [-0.3, -0.25) is 0 Å². The Morgan fingerprint density at radius 1 is 1.45 bits per heavy atom. The number of hydrogen-bond donors (Lipinski definition) is 3. The molecule has 1 aromatic rings. The van der Waals surface area contributed by atoms with Crippen molar-refractivity contribution in [2.24, 2.45) is 5.73 Å². The Bertz CT molecular complexity index is 235. The zero-order valence-corrected chi connectivity index (χ0v) is 6.54. The average molecular weight is 151 g/mol. The molecule has 3 heteroatoms. The standard InChI is InChI=1S/C8H13N3/c1-11-8(10)6-3-2-4-7(9)5-6/h2-5,8,11H,9-10H2,1H3. The minimum absolute atomic E-state index is 0.126. The van der Waals surface area contributed by atoms with Crippen LogP contribution in [0.4, 0.5) is 5.69 Å². The summed E-state index contributed by atoms with van der Waals surface area (Å²) < 4.78 is 0. The first kappa shape index (κ1) is 8.04. The molecule has 1 rings (SSSR count). The molecule has 0 amide bonds. The van der Waals surface area contributed by atoms with Crippen LogP contribution in [0.2, 0.25) is 0 Å². The quantitative estimate of drug-likeness (QED) is 0.424. The summed E-state index contributed by atoms with van der Waals surface area (Å²) in [6.07, 6.45) is -0.126. The van der Waals surface area contributed by atoms with Crippen LogP contribution in [0.25, 0.3) is 0 Å². The minimum Gasteiger partial charge on any atom is -0.399 e. The number of benzene rings is 1. The molecule has 3 nitrogen and oxygen atoms in total. The lowest BCUT2D eigenvalue weighted by Crippen LogP contribution is -2.24. The molecule has 0 aliphatic rings. The highest BCUT2D eigenvalue weighted by Gasteiger charge is 2.00. The van der Waals surface area contributed by atoms with Gasteiger partial charge >= 0.3 is 0 Å². The van der Waals surface area contributed by atoms with Gasteiger partial charge < -0.3 is 16.8 Å². The Balaban J connectivity index is 2.86. The van der Waals surface area contributed by atoms with E-state index < -0.39 is 0 Å². The van der Waals surface area contributed by atoms with E-state index in [1.807, 2.05) is 31.3 Å². The van der Waals surface area contributed by atoms with Crippen LogP contribution < -0.4 is 16.8 Å². The van der Waals surface area contributed by atoms with E-state index in [4.69, 9.17) is 11.5 Å². The molecule has 0 heterocycles. The van der Waals surface area contributed by atoms with Crippen LogP contribution in [0.1, 0.15) is 11.7 Å². The van der Waals surface area contributed by atoms with E-state index in [9.17, 15) is 0 Å². The first-order valence-corrected chi connectivity index (χ1v) is 3.52. The third-order valence-corrected chi connectivity index (χ3v) is 1.58. The Labute approximate surface area is 66.4 Å². The molecule has 0 aromatic heterocycles. The molecular weight excluding hydrogens is 138 g/mol. The number of nitrogen functional groups attached to an aromatic ring is 1. The summed E-state index contributed by atoms with van der Waals surface area (Å²) >= 11 is 0. The molecule has 11 heavy (non-hydrogen) atoms. The fourth-order valence-electron chi connectivity index (χ4n) is 0.919. The molecule has 60 valence electrons. The number of nitrogens with two attached hydrogens (primary N) is 2. The van der Waals surface area contributed by atoms with Gasteiger partial charge in [-0.2, -0.15) is 0 Å². The van der Waals surface area contributed by atoms with Crippen molar-refractivity contribution >= 4 is 5.69 Å². The third-order valence-electron chi connectivity index (χ3n) is 1.58. The Morgan fingerprint density at radius 3 is 2.73 bits per heavy atom. The van der Waals surface area contributed by atoms with Crippen molar-refractivity contribution in [1.29, 1.82) is 0 Å². The van der Waals surface area contributed by atoms with Gasteiger partial charge in [-0.1, -0.05) is 12.1 Å². The molecule has 1 aromatic carbocycles. The van der Waals surface area contributed by atoms with Gasteiger partial charge in [0, 0.05) is 5.69 Å². The van der Waals surface area contributed by atoms with Crippen molar-refractivity contribution < 1.29 is 0 Å². The first-order chi connectivity index (χ1) is 5.24. The second-order valence-corrected chi connectivity index (χ2v) is 2.44. The predicted molar refractivity (Wildman–Crippen MR) is 46.8 cm³/mol. The van der Waals surface area contributed by atoms with Crippen molar-refractivity contribution in [2.45, 2.75) is 6.17 Å². The number of anilines is 1. The molecule has 0 saturated carbocycles. The lowest BCUT2D eigenvalue weighted by Gasteiger charge is -2.10. The zero-order valence-electron chi connectivity index (χ0n) is 6.54. The Morgan fingerprint density at radius 2 is 2.18 bits per heavy atom. The fourth-order valence-corrected chi connectivity index (χ4v) is 0.919. The Hall–Kier alpha value is -1.06. The maximum Gasteiger partial charge on any atom is 0.0808 e. The third kappa shape index (κ3) is 1.93. The molecule has 5 N–H and O–H groups in total. The van der Waals surface area contributed by atoms with Crippen molar-refractivity contribution in [3.05, 3.63) is 29.8 Å². The van der Waals surface area contributed by atoms with E-state index in [2.05, 4.69) is 5.32 Å². The lowest BCUT2D eigenvalue weighted by molar-refractivity contribution is 0.622. The highest BCUT2D eigenvalue weighted by atomic mass is 15.0. The van der Waals surface area contributed by atoms with Gasteiger partial charge in [0.05, 0.1) is 6.17 Å². The molecular formula is C8H13N3. The summed E-state index contributed by atoms with van der Waals surface area (Å²) in [5, 5.41) is 2.93. The fraction of sp³-hybridized carbons (Fsp3) is 0.250. The van der Waals surface area contributed by atoms with Crippen LogP contribution in [0.15, 0.2) is 24.3 Å². The van der Waals surface area contributed by atoms with Gasteiger partial charge in [-0.25, -0.2) is 0 Å². The second-order valence-electron chi connectivity index (χ2n) is 2.44. The first-order valence-electron chi connectivity index (χ1n) is 3.52. The van der Waals surface area contributed by atoms with Crippen molar-refractivity contribution in [1.82, 2.24) is 5.32 Å². The summed E-state index contributed by atoms with van der Waals surface area (Å²) in [5.41, 5.74) is 13.0. The molecule has 0 aliphatic carbocycles. The van der Waals surface area contributed by atoms with Gasteiger partial charge in [0.15, 0.2) is 0 Å². The molecule has 0 bridgehead atoms. The van der Waals surface area contributed by atoms with Gasteiger partial charge in [-0.15, -0.1) is 0 Å². The lowest BCUT2D eigenvalue weighted by atomic mass is 10.1. The summed E-state index contributed by atoms with van der Waals surface area (Å²) in [6.45, 7) is 0. The van der Waals surface area contributed by atoms with Crippen molar-refractivity contribution in [3.63, 3.8) is 0 Å². The normalized spacial score (nSPS) is 12.9. The van der Waals surface area contributed by atoms with Gasteiger partial charge in [-0.05, 0) is 24.7 Å². The van der Waals surface area contributed by atoms with E-state index in [1.165, 1.54) is 0 Å². The van der Waals surface area contributed by atoms with Gasteiger partial charge in [0.2, 0.25) is 0 Å². The van der Waals surface area contributed by atoms with Crippen LogP contribution in [0.5, 0.6) is 0 Å². The molecule has 0 radical (unpaired) electrons. The van der Waals surface area contributed by atoms with Crippen molar-refractivity contribution in [3.8, 4) is 0 Å². The van der Waals surface area contributed by atoms with E-state index in [0.717, 1.165) is 11.3 Å². The molecule has 0 saturated heterocycles. The van der Waals surface area contributed by atoms with Crippen LogP contribution in [0, 0.1) is 0 Å². The second kappa shape index (κ2) is 3.37. The van der Waals surface area contributed by atoms with E-state index in [1.54, 1.807) is 0 Å². The molecule has 0 aliphatic heterocycles. The van der Waals surface area contributed by atoms with Crippen LogP contribution >= 0.6 is 0 Å². The molecule has 1 unspecified atom stereocenters. The number of hydrogen-bond acceptors (Lipinski definition) is 3. The largest absolute Gasteiger partial charge is 0.399 e. The summed E-state index contributed by atoms with van der Waals surface area (Å²) in [7, 11) is 1.81. The van der Waals surface area contributed by atoms with Crippen molar-refractivity contribution in [2.75, 3.05) is 12.8 Å². The minimum atomic E-state index is -0.126. The topological polar surface area (TPSA) is 64.1 Å². The molecule has 0 spiro atoms. The Kier molecular flexibility index (Phi) is 2.46. The van der Waals surface area contributed by atoms with Gasteiger partial charge in [0.1, 0.15) is 0 Å². The van der Waals surface area contributed by atoms with Crippen LogP contribution in [-0.4, -0.2) is 7.05 Å². The summed E-state index contributed by atoms with van der Waals surface area (Å²) in [5.74, 6) is 0. The van der Waals surface area contributed by atoms with E-state index in [-0.39, 0.29) is 6.17 Å². The van der Waals surface area contributed by atoms with E-state index in [0.29, 0.717) is 0 Å². The SMILES string of the molecule is CNC(N)c1cccc(N)c1. The highest BCUT2D eigenvalue weighted by molar-refractivity contribution is 5.41. The highest BCUT2D eigenvalue weighted by Crippen LogP contribution is 2.10. The molecule has 0 fully saturated rings. The number of rotatable bonds is 2. The molecule has 1 atom stereocenters. The maximum absolute atomic E-state index is 5.70. The summed E-state index contributed by atoms with van der Waals surface area (Å²) in [4.78, 5) is 0. The zero-order chi connectivity index (χ0) is 8.27. The smallest absolute Gasteiger partial charge is 0.0808 e. The van der Waals surface area contributed by atoms with Crippen LogP contribution in [0.3, 0.4) is 0 Å². The average Bonchev–Trinajstić information content (AvgIpc) is 2.03. The van der Waals surface area contributed by atoms with E-state index >= 15 is 0 Å².